The normalized spacial score (nSPS) is 11.7. The van der Waals surface area contributed by atoms with E-state index in [2.05, 4.69) is 5.32 Å². The van der Waals surface area contributed by atoms with Gasteiger partial charge in [0.1, 0.15) is 6.04 Å². The highest BCUT2D eigenvalue weighted by Gasteiger charge is 2.18. The lowest BCUT2D eigenvalue weighted by molar-refractivity contribution is -0.130. The Morgan fingerprint density at radius 2 is 2.05 bits per heavy atom. The summed E-state index contributed by atoms with van der Waals surface area (Å²) in [4.78, 5) is 24.7. The predicted molar refractivity (Wildman–Crippen MR) is 75.8 cm³/mol. The van der Waals surface area contributed by atoms with E-state index >= 15 is 0 Å². The number of para-hydroxylation sites is 1. The van der Waals surface area contributed by atoms with Crippen LogP contribution in [0.5, 0.6) is 0 Å². The molecule has 0 aromatic heterocycles. The second kappa shape index (κ2) is 6.08. The molecule has 1 aromatic carbocycles. The van der Waals surface area contributed by atoms with Gasteiger partial charge < -0.3 is 21.7 Å². The van der Waals surface area contributed by atoms with Crippen LogP contribution in [0.15, 0.2) is 18.2 Å². The summed E-state index contributed by atoms with van der Waals surface area (Å²) < 4.78 is 0. The molecule has 0 aliphatic carbocycles. The summed E-state index contributed by atoms with van der Waals surface area (Å²) in [6.45, 7) is 4.26. The number of hydrogen-bond donors (Lipinski definition) is 3. The van der Waals surface area contributed by atoms with Gasteiger partial charge in [0, 0.05) is 13.6 Å². The smallest absolute Gasteiger partial charge is 0.250 e. The van der Waals surface area contributed by atoms with Gasteiger partial charge in [-0.15, -0.1) is 0 Å². The van der Waals surface area contributed by atoms with Gasteiger partial charge in [-0.05, 0) is 26.0 Å². The van der Waals surface area contributed by atoms with E-state index in [0.29, 0.717) is 12.2 Å². The summed E-state index contributed by atoms with van der Waals surface area (Å²) in [6, 6.07) is 4.49. The number of carbonyl (C=O) groups excluding carboxylic acids is 2. The highest BCUT2D eigenvalue weighted by molar-refractivity contribution is 6.01. The van der Waals surface area contributed by atoms with Crippen molar-refractivity contribution < 1.29 is 9.59 Å². The van der Waals surface area contributed by atoms with Crippen molar-refractivity contribution in [1.82, 2.24) is 4.90 Å². The third kappa shape index (κ3) is 3.37. The van der Waals surface area contributed by atoms with Crippen molar-refractivity contribution in [2.75, 3.05) is 24.6 Å². The molecule has 0 bridgehead atoms. The Morgan fingerprint density at radius 3 is 2.58 bits per heavy atom. The van der Waals surface area contributed by atoms with Crippen LogP contribution in [-0.2, 0) is 4.79 Å². The number of nitrogens with zero attached hydrogens (tertiary/aromatic N) is 1. The van der Waals surface area contributed by atoms with Gasteiger partial charge in [0.25, 0.3) is 5.91 Å². The van der Waals surface area contributed by atoms with E-state index in [-0.39, 0.29) is 17.2 Å². The van der Waals surface area contributed by atoms with Crippen molar-refractivity contribution in [3.05, 3.63) is 23.8 Å². The first-order valence-corrected chi connectivity index (χ1v) is 6.08. The zero-order chi connectivity index (χ0) is 14.6. The highest BCUT2D eigenvalue weighted by atomic mass is 16.2. The molecule has 1 atom stereocenters. The Morgan fingerprint density at radius 1 is 1.42 bits per heavy atom. The van der Waals surface area contributed by atoms with E-state index in [0.717, 1.165) is 0 Å². The molecule has 0 fully saturated rings. The molecular formula is C13H20N4O2. The molecule has 5 N–H and O–H groups in total. The van der Waals surface area contributed by atoms with E-state index in [9.17, 15) is 9.59 Å². The molecule has 0 spiro atoms. The maximum absolute atomic E-state index is 11.9. The van der Waals surface area contributed by atoms with Crippen LogP contribution in [0.1, 0.15) is 24.2 Å². The average molecular weight is 264 g/mol. The highest BCUT2D eigenvalue weighted by Crippen LogP contribution is 2.23. The molecule has 0 saturated heterocycles. The van der Waals surface area contributed by atoms with Gasteiger partial charge in [-0.1, -0.05) is 6.07 Å². The standard InChI is InChI=1S/C13H20N4O2/c1-4-17(3)13(19)8(2)16-10-7-5-6-9(11(10)14)12(15)18/h5-8,16H,4,14H2,1-3H3,(H2,15,18). The van der Waals surface area contributed by atoms with Crippen LogP contribution in [0, 0.1) is 0 Å². The Hall–Kier alpha value is -2.24. The number of anilines is 2. The van der Waals surface area contributed by atoms with Gasteiger partial charge in [0.05, 0.1) is 16.9 Å². The first kappa shape index (κ1) is 14.8. The second-order valence-corrected chi connectivity index (χ2v) is 4.35. The average Bonchev–Trinajstić information content (AvgIpc) is 2.38. The molecule has 104 valence electrons. The number of benzene rings is 1. The van der Waals surface area contributed by atoms with Crippen LogP contribution in [0.4, 0.5) is 11.4 Å². The molecule has 0 aliphatic rings. The lowest BCUT2D eigenvalue weighted by atomic mass is 10.1. The summed E-state index contributed by atoms with van der Waals surface area (Å²) in [6.07, 6.45) is 0. The Bertz CT molecular complexity index is 488. The van der Waals surface area contributed by atoms with Gasteiger partial charge in [-0.2, -0.15) is 0 Å². The molecule has 6 nitrogen and oxygen atoms in total. The Labute approximate surface area is 112 Å². The number of hydrogen-bond acceptors (Lipinski definition) is 4. The summed E-state index contributed by atoms with van der Waals surface area (Å²) in [7, 11) is 1.73. The molecule has 1 rings (SSSR count). The molecule has 6 heteroatoms. The van der Waals surface area contributed by atoms with Crippen molar-refractivity contribution in [2.45, 2.75) is 19.9 Å². The number of likely N-dealkylation sites (N-methyl/N-ethyl adjacent to an activating group) is 1. The fourth-order valence-corrected chi connectivity index (χ4v) is 1.69. The Balaban J connectivity index is 2.91. The predicted octanol–water partition coefficient (Wildman–Crippen LogP) is 0.646. The molecule has 0 aliphatic heterocycles. The molecule has 0 radical (unpaired) electrons. The monoisotopic (exact) mass is 264 g/mol. The van der Waals surface area contributed by atoms with Crippen molar-refractivity contribution in [2.24, 2.45) is 5.73 Å². The van der Waals surface area contributed by atoms with Crippen LogP contribution in [0.2, 0.25) is 0 Å². The second-order valence-electron chi connectivity index (χ2n) is 4.35. The van der Waals surface area contributed by atoms with Crippen molar-refractivity contribution in [3.8, 4) is 0 Å². The van der Waals surface area contributed by atoms with E-state index in [1.165, 1.54) is 0 Å². The molecule has 1 aromatic rings. The van der Waals surface area contributed by atoms with Crippen molar-refractivity contribution in [3.63, 3.8) is 0 Å². The number of rotatable bonds is 5. The number of nitrogens with two attached hydrogens (primary N) is 2. The summed E-state index contributed by atoms with van der Waals surface area (Å²) in [5, 5.41) is 3.00. The zero-order valence-electron chi connectivity index (χ0n) is 11.4. The molecule has 19 heavy (non-hydrogen) atoms. The number of nitrogens with one attached hydrogen (secondary N) is 1. The number of carbonyl (C=O) groups is 2. The van der Waals surface area contributed by atoms with Crippen LogP contribution < -0.4 is 16.8 Å². The number of primary amides is 1. The van der Waals surface area contributed by atoms with E-state index in [4.69, 9.17) is 11.5 Å². The van der Waals surface area contributed by atoms with Crippen molar-refractivity contribution >= 4 is 23.2 Å². The minimum Gasteiger partial charge on any atom is -0.396 e. The van der Waals surface area contributed by atoms with Crippen LogP contribution >= 0.6 is 0 Å². The van der Waals surface area contributed by atoms with Crippen molar-refractivity contribution in [1.29, 1.82) is 0 Å². The maximum Gasteiger partial charge on any atom is 0.250 e. The SMILES string of the molecule is CCN(C)C(=O)C(C)Nc1cccc(C(N)=O)c1N. The van der Waals surface area contributed by atoms with Crippen LogP contribution in [0.3, 0.4) is 0 Å². The van der Waals surface area contributed by atoms with E-state index < -0.39 is 11.9 Å². The third-order valence-corrected chi connectivity index (χ3v) is 2.96. The fraction of sp³-hybridized carbons (Fsp3) is 0.385. The minimum absolute atomic E-state index is 0.0496. The maximum atomic E-state index is 11.9. The molecular weight excluding hydrogens is 244 g/mol. The fourth-order valence-electron chi connectivity index (χ4n) is 1.69. The largest absolute Gasteiger partial charge is 0.396 e. The first-order valence-electron chi connectivity index (χ1n) is 6.08. The van der Waals surface area contributed by atoms with Gasteiger partial charge >= 0.3 is 0 Å². The van der Waals surface area contributed by atoms with E-state index in [1.807, 2.05) is 6.92 Å². The molecule has 0 heterocycles. The van der Waals surface area contributed by atoms with Gasteiger partial charge in [-0.25, -0.2) is 0 Å². The molecule has 0 saturated carbocycles. The molecule has 2 amide bonds. The Kier molecular flexibility index (Phi) is 4.74. The van der Waals surface area contributed by atoms with Gasteiger partial charge in [0.15, 0.2) is 0 Å². The number of amides is 2. The summed E-state index contributed by atoms with van der Waals surface area (Å²) in [5.41, 5.74) is 12.1. The van der Waals surface area contributed by atoms with Gasteiger partial charge in [0.2, 0.25) is 5.91 Å². The van der Waals surface area contributed by atoms with Gasteiger partial charge in [-0.3, -0.25) is 9.59 Å². The minimum atomic E-state index is -0.592. The van der Waals surface area contributed by atoms with E-state index in [1.54, 1.807) is 37.1 Å². The topological polar surface area (TPSA) is 101 Å². The van der Waals surface area contributed by atoms with Crippen LogP contribution in [-0.4, -0.2) is 36.3 Å². The molecule has 1 unspecified atom stereocenters. The third-order valence-electron chi connectivity index (χ3n) is 2.96. The van der Waals surface area contributed by atoms with Crippen LogP contribution in [0.25, 0.3) is 0 Å². The zero-order valence-corrected chi connectivity index (χ0v) is 11.4. The summed E-state index contributed by atoms with van der Waals surface area (Å²) >= 11 is 0. The lowest BCUT2D eigenvalue weighted by Crippen LogP contribution is -2.39. The first-order chi connectivity index (χ1) is 8.88. The lowest BCUT2D eigenvalue weighted by Gasteiger charge is -2.22. The number of nitrogen functional groups attached to an aromatic ring is 1. The summed E-state index contributed by atoms with van der Waals surface area (Å²) in [5.74, 6) is -0.641. The quantitative estimate of drug-likeness (QED) is 0.679.